The number of benzene rings is 3. The summed E-state index contributed by atoms with van der Waals surface area (Å²) in [5.41, 5.74) is 1.35. The summed E-state index contributed by atoms with van der Waals surface area (Å²) >= 11 is 12.6. The summed E-state index contributed by atoms with van der Waals surface area (Å²) in [6, 6.07) is 14.1. The van der Waals surface area contributed by atoms with E-state index in [2.05, 4.69) is 36.0 Å². The summed E-state index contributed by atoms with van der Waals surface area (Å²) in [5.74, 6) is -7.33. The first-order valence-corrected chi connectivity index (χ1v) is 24.0. The van der Waals surface area contributed by atoms with E-state index in [0.29, 0.717) is 36.6 Å². The molecule has 1 N–H and O–H groups in total. The zero-order chi connectivity index (χ0) is 50.2. The average Bonchev–Trinajstić information content (AvgIpc) is 3.65. The van der Waals surface area contributed by atoms with Gasteiger partial charge in [-0.15, -0.1) is 0 Å². The largest absolute Gasteiger partial charge is 0.457 e. The fourth-order valence-corrected chi connectivity index (χ4v) is 9.94. The van der Waals surface area contributed by atoms with Crippen LogP contribution in [0.25, 0.3) is 11.3 Å². The highest BCUT2D eigenvalue weighted by Crippen LogP contribution is 2.48. The monoisotopic (exact) mass is 995 g/mol. The standard InChI is InChI=1S/C51H62Cl2F3N7O6/c1-31-46(65)58-41(29-68-8)48(67)61(7)50(23-32-10-14-35(52)15-11-32)18-9-19-62(30-50)47(66)38(34-24-51(55,56)25-34)22-45(64)63(31)27-39-40(54)20-36(53)21-43(39)69-37-16-12-33(13-17-37)42-26-57-44(60(42)6)28-59(5)49(2,3)4/h10-17,20-21,26,31,34,38,41H,9,18-19,22-25,27-30H2,1-8H3,(H,58,65)/t31-,38?,41-,50+/m0/s1. The van der Waals surface area contributed by atoms with Gasteiger partial charge in [0.1, 0.15) is 35.2 Å². The molecule has 2 bridgehead atoms. The maximum Gasteiger partial charge on any atom is 0.248 e. The van der Waals surface area contributed by atoms with Crippen LogP contribution in [0.4, 0.5) is 13.2 Å². The van der Waals surface area contributed by atoms with Crippen molar-refractivity contribution < 1.29 is 41.8 Å². The lowest BCUT2D eigenvalue weighted by Gasteiger charge is -2.51. The molecule has 3 aliphatic rings. The van der Waals surface area contributed by atoms with Crippen molar-refractivity contribution in [3.63, 3.8) is 0 Å². The Kier molecular flexibility index (Phi) is 15.5. The van der Waals surface area contributed by atoms with Gasteiger partial charge in [-0.3, -0.25) is 24.1 Å². The number of methoxy groups -OCH3 is 1. The summed E-state index contributed by atoms with van der Waals surface area (Å²) in [7, 11) is 6.99. The predicted octanol–water partition coefficient (Wildman–Crippen LogP) is 8.53. The molecule has 1 saturated carbocycles. The number of hydrogen-bond donors (Lipinski definition) is 1. The average molecular weight is 997 g/mol. The van der Waals surface area contributed by atoms with Crippen molar-refractivity contribution in [3.8, 4) is 22.8 Å². The molecule has 4 aromatic rings. The molecule has 0 radical (unpaired) electrons. The summed E-state index contributed by atoms with van der Waals surface area (Å²) < 4.78 is 59.4. The van der Waals surface area contributed by atoms with E-state index >= 15 is 4.39 Å². The molecule has 1 unspecified atom stereocenters. The Morgan fingerprint density at radius 1 is 0.957 bits per heavy atom. The summed E-state index contributed by atoms with van der Waals surface area (Å²) in [5, 5.41) is 3.31. The number of nitrogens with one attached hydrogen (secondary N) is 1. The molecule has 7 rings (SSSR count). The highest BCUT2D eigenvalue weighted by atomic mass is 35.5. The highest BCUT2D eigenvalue weighted by Gasteiger charge is 2.53. The number of nitrogens with zero attached hydrogens (tertiary/aromatic N) is 6. The molecule has 3 aromatic carbocycles. The highest BCUT2D eigenvalue weighted by molar-refractivity contribution is 6.31. The van der Waals surface area contributed by atoms with Gasteiger partial charge in [-0.25, -0.2) is 18.2 Å². The van der Waals surface area contributed by atoms with E-state index in [0.717, 1.165) is 33.6 Å². The minimum atomic E-state index is -3.02. The molecular formula is C51H62Cl2F3N7O6. The van der Waals surface area contributed by atoms with E-state index in [1.807, 2.05) is 42.9 Å². The van der Waals surface area contributed by atoms with Crippen LogP contribution in [0.2, 0.25) is 10.0 Å². The van der Waals surface area contributed by atoms with Gasteiger partial charge in [0, 0.05) is 80.3 Å². The van der Waals surface area contributed by atoms with Crippen molar-refractivity contribution in [3.05, 3.63) is 99.7 Å². The molecule has 18 heteroatoms. The molecule has 3 fully saturated rings. The zero-order valence-corrected chi connectivity index (χ0v) is 42.0. The third-order valence-corrected chi connectivity index (χ3v) is 14.8. The van der Waals surface area contributed by atoms with Crippen LogP contribution in [0, 0.1) is 17.7 Å². The van der Waals surface area contributed by atoms with Gasteiger partial charge >= 0.3 is 0 Å². The second-order valence-corrected chi connectivity index (χ2v) is 20.8. The fraction of sp³-hybridized carbons (Fsp3) is 0.510. The molecule has 4 atom stereocenters. The molecule has 1 aromatic heterocycles. The Morgan fingerprint density at radius 2 is 1.64 bits per heavy atom. The van der Waals surface area contributed by atoms with Crippen molar-refractivity contribution in [2.45, 2.75) is 108 Å². The minimum absolute atomic E-state index is 0.00100. The molecule has 13 nitrogen and oxygen atoms in total. The van der Waals surface area contributed by atoms with E-state index in [-0.39, 0.29) is 41.6 Å². The third-order valence-electron chi connectivity index (χ3n) is 14.3. The number of imidazole rings is 1. The lowest BCUT2D eigenvalue weighted by atomic mass is 9.70. The van der Waals surface area contributed by atoms with Crippen molar-refractivity contribution in [2.75, 3.05) is 40.9 Å². The topological polar surface area (TPSA) is 130 Å². The van der Waals surface area contributed by atoms with E-state index in [4.69, 9.17) is 32.7 Å². The number of amides is 4. The maximum atomic E-state index is 16.4. The van der Waals surface area contributed by atoms with Gasteiger partial charge in [0.25, 0.3) is 0 Å². The number of fused-ring (bicyclic) bond motifs is 2. The SMILES string of the molecule is COC[C@@H]1NC(=O)[C@H](C)N(Cc2c(F)cc(Cl)cc2Oc2ccc(-c3cnc(CN(C)C(C)(C)C)n3C)cc2)C(=O)CC(C2CC(F)(F)C2)C(=O)N2CCC[C@@](Cc3ccc(Cl)cc3)(C2)N(C)C1=O. The van der Waals surface area contributed by atoms with Gasteiger partial charge in [-0.05, 0) is 114 Å². The first-order chi connectivity index (χ1) is 32.5. The van der Waals surface area contributed by atoms with Gasteiger partial charge in [-0.2, -0.15) is 0 Å². The van der Waals surface area contributed by atoms with Crippen molar-refractivity contribution in [1.82, 2.24) is 34.5 Å². The van der Waals surface area contributed by atoms with Gasteiger partial charge in [0.15, 0.2) is 0 Å². The van der Waals surface area contributed by atoms with Crippen molar-refractivity contribution in [2.24, 2.45) is 18.9 Å². The number of rotatable bonds is 12. The van der Waals surface area contributed by atoms with E-state index in [1.165, 1.54) is 20.1 Å². The van der Waals surface area contributed by atoms with Crippen LogP contribution >= 0.6 is 23.2 Å². The van der Waals surface area contributed by atoms with E-state index < -0.39 is 90.6 Å². The van der Waals surface area contributed by atoms with Crippen molar-refractivity contribution in [1.29, 1.82) is 0 Å². The fourth-order valence-electron chi connectivity index (χ4n) is 9.62. The number of carbonyl (C=O) groups is 4. The van der Waals surface area contributed by atoms with Crippen LogP contribution in [0.1, 0.15) is 76.8 Å². The number of alkyl halides is 2. The van der Waals surface area contributed by atoms with Crippen LogP contribution in [-0.4, -0.2) is 123 Å². The second kappa shape index (κ2) is 20.7. The second-order valence-electron chi connectivity index (χ2n) is 20.0. The predicted molar refractivity (Wildman–Crippen MR) is 257 cm³/mol. The lowest BCUT2D eigenvalue weighted by molar-refractivity contribution is -0.164. The molecule has 4 amide bonds. The number of halogens is 5. The number of hydrogen-bond acceptors (Lipinski definition) is 8. The Morgan fingerprint density at radius 3 is 2.28 bits per heavy atom. The summed E-state index contributed by atoms with van der Waals surface area (Å²) in [6.07, 6.45) is 1.30. The number of piperidine rings is 1. The smallest absolute Gasteiger partial charge is 0.248 e. The Balaban J connectivity index is 1.22. The van der Waals surface area contributed by atoms with Crippen LogP contribution < -0.4 is 10.1 Å². The Hall–Kier alpha value is -5.16. The summed E-state index contributed by atoms with van der Waals surface area (Å²) in [6.45, 7) is 7.96. The minimum Gasteiger partial charge on any atom is -0.457 e. The quantitative estimate of drug-likeness (QED) is 0.150. The molecule has 0 spiro atoms. The van der Waals surface area contributed by atoms with Crippen molar-refractivity contribution >= 4 is 46.8 Å². The molecule has 372 valence electrons. The zero-order valence-electron chi connectivity index (χ0n) is 40.5. The molecule has 3 heterocycles. The van der Waals surface area contributed by atoms with Crippen LogP contribution in [0.5, 0.6) is 11.5 Å². The first kappa shape index (κ1) is 51.7. The van der Waals surface area contributed by atoms with Crippen LogP contribution in [0.3, 0.4) is 0 Å². The summed E-state index contributed by atoms with van der Waals surface area (Å²) in [4.78, 5) is 69.9. The third kappa shape index (κ3) is 11.6. The van der Waals surface area contributed by atoms with Crippen LogP contribution in [-0.2, 0) is 50.5 Å². The Bertz CT molecular complexity index is 2530. The molecular weight excluding hydrogens is 935 g/mol. The normalized spacial score (nSPS) is 23.0. The van der Waals surface area contributed by atoms with E-state index in [1.54, 1.807) is 47.3 Å². The molecule has 69 heavy (non-hydrogen) atoms. The number of carbonyl (C=O) groups excluding carboxylic acids is 4. The molecule has 2 aliphatic heterocycles. The van der Waals surface area contributed by atoms with Gasteiger partial charge in [-0.1, -0.05) is 35.3 Å². The lowest BCUT2D eigenvalue weighted by Crippen LogP contribution is -2.66. The number of ether oxygens (including phenoxy) is 2. The first-order valence-electron chi connectivity index (χ1n) is 23.2. The van der Waals surface area contributed by atoms with Crippen LogP contribution in [0.15, 0.2) is 66.9 Å². The van der Waals surface area contributed by atoms with Gasteiger partial charge < -0.3 is 34.1 Å². The van der Waals surface area contributed by atoms with Gasteiger partial charge in [0.2, 0.25) is 29.6 Å². The molecule has 2 saturated heterocycles. The van der Waals surface area contributed by atoms with Gasteiger partial charge in [0.05, 0.1) is 43.0 Å². The van der Waals surface area contributed by atoms with E-state index in [9.17, 15) is 28.0 Å². The number of likely N-dealkylation sites (N-methyl/N-ethyl adjacent to an activating group) is 1. The maximum absolute atomic E-state index is 16.4. The molecule has 1 aliphatic carbocycles. The number of aromatic nitrogens is 2. The Labute approximate surface area is 412 Å².